The smallest absolute Gasteiger partial charge is 0.244 e. The van der Waals surface area contributed by atoms with Gasteiger partial charge in [0.1, 0.15) is 18.4 Å². The summed E-state index contributed by atoms with van der Waals surface area (Å²) in [5.41, 5.74) is 2.23. The molecule has 0 aromatic heterocycles. The standard InChI is InChI=1S/C31H38FN3O4S/c1-6-33-30(37)28(20-23-12-8-7-9-13-23)34(21-24-14-10-11-15-27(24)32)29(36)22-35(40(5,38)39)26-18-16-25(17-19-26)31(2,3)4/h7-19,28H,6,20-22H2,1-5H3,(H,33,37). The van der Waals surface area contributed by atoms with E-state index < -0.39 is 40.2 Å². The van der Waals surface area contributed by atoms with Crippen LogP contribution in [0.15, 0.2) is 78.9 Å². The third kappa shape index (κ3) is 8.14. The van der Waals surface area contributed by atoms with E-state index in [0.29, 0.717) is 12.2 Å². The molecule has 3 aromatic carbocycles. The van der Waals surface area contributed by atoms with Gasteiger partial charge in [0.2, 0.25) is 21.8 Å². The first-order valence-corrected chi connectivity index (χ1v) is 15.1. The molecule has 0 heterocycles. The molecule has 0 fully saturated rings. The molecule has 1 atom stereocenters. The maximum atomic E-state index is 14.8. The summed E-state index contributed by atoms with van der Waals surface area (Å²) in [6, 6.07) is 21.2. The highest BCUT2D eigenvalue weighted by Gasteiger charge is 2.33. The van der Waals surface area contributed by atoms with Gasteiger partial charge in [-0.25, -0.2) is 12.8 Å². The van der Waals surface area contributed by atoms with Gasteiger partial charge in [-0.2, -0.15) is 0 Å². The van der Waals surface area contributed by atoms with Crippen molar-refractivity contribution in [3.63, 3.8) is 0 Å². The maximum Gasteiger partial charge on any atom is 0.244 e. The number of halogens is 1. The summed E-state index contributed by atoms with van der Waals surface area (Å²) in [6.07, 6.45) is 1.20. The van der Waals surface area contributed by atoms with Crippen LogP contribution in [0.2, 0.25) is 0 Å². The minimum atomic E-state index is -3.88. The van der Waals surface area contributed by atoms with Crippen LogP contribution in [0, 0.1) is 5.82 Å². The number of nitrogens with one attached hydrogen (secondary N) is 1. The molecule has 1 unspecified atom stereocenters. The molecular formula is C31H38FN3O4S. The van der Waals surface area contributed by atoms with Crippen LogP contribution in [-0.2, 0) is 38.0 Å². The van der Waals surface area contributed by atoms with E-state index >= 15 is 0 Å². The normalized spacial score (nSPS) is 12.4. The number of carbonyl (C=O) groups excluding carboxylic acids is 2. The first-order valence-electron chi connectivity index (χ1n) is 13.2. The molecule has 0 radical (unpaired) electrons. The minimum absolute atomic E-state index is 0.141. The van der Waals surface area contributed by atoms with Crippen molar-refractivity contribution in [2.45, 2.75) is 52.1 Å². The van der Waals surface area contributed by atoms with Gasteiger partial charge in [-0.05, 0) is 41.7 Å². The van der Waals surface area contributed by atoms with Crippen LogP contribution < -0.4 is 9.62 Å². The van der Waals surface area contributed by atoms with Gasteiger partial charge in [0.25, 0.3) is 0 Å². The Morgan fingerprint density at radius 3 is 2.08 bits per heavy atom. The number of benzene rings is 3. The fourth-order valence-electron chi connectivity index (χ4n) is 4.40. The Morgan fingerprint density at radius 1 is 0.925 bits per heavy atom. The monoisotopic (exact) mass is 567 g/mol. The van der Waals surface area contributed by atoms with Crippen molar-refractivity contribution in [1.29, 1.82) is 0 Å². The summed E-state index contributed by atoms with van der Waals surface area (Å²) in [5.74, 6) is -1.55. The minimum Gasteiger partial charge on any atom is -0.355 e. The Labute approximate surface area is 237 Å². The molecule has 3 rings (SSSR count). The van der Waals surface area contributed by atoms with Gasteiger partial charge < -0.3 is 10.2 Å². The molecule has 3 aromatic rings. The van der Waals surface area contributed by atoms with Crippen molar-refractivity contribution in [2.24, 2.45) is 0 Å². The zero-order chi connectivity index (χ0) is 29.5. The molecule has 0 aliphatic carbocycles. The highest BCUT2D eigenvalue weighted by Crippen LogP contribution is 2.26. The number of hydrogen-bond acceptors (Lipinski definition) is 4. The Hall–Kier alpha value is -3.72. The van der Waals surface area contributed by atoms with Gasteiger partial charge in [-0.3, -0.25) is 13.9 Å². The fraction of sp³-hybridized carbons (Fsp3) is 0.355. The van der Waals surface area contributed by atoms with Crippen molar-refractivity contribution in [3.8, 4) is 0 Å². The summed E-state index contributed by atoms with van der Waals surface area (Å²) in [7, 11) is -3.88. The van der Waals surface area contributed by atoms with E-state index in [1.54, 1.807) is 37.3 Å². The molecule has 214 valence electrons. The van der Waals surface area contributed by atoms with E-state index in [1.807, 2.05) is 42.5 Å². The van der Waals surface area contributed by atoms with Crippen molar-refractivity contribution < 1.29 is 22.4 Å². The summed E-state index contributed by atoms with van der Waals surface area (Å²) in [6.45, 7) is 7.50. The first-order chi connectivity index (χ1) is 18.8. The molecule has 0 saturated carbocycles. The molecule has 9 heteroatoms. The Morgan fingerprint density at radius 2 is 1.52 bits per heavy atom. The lowest BCUT2D eigenvalue weighted by atomic mass is 9.87. The molecule has 0 bridgehead atoms. The van der Waals surface area contributed by atoms with Crippen LogP contribution in [0.4, 0.5) is 10.1 Å². The number of amides is 2. The predicted molar refractivity (Wildman–Crippen MR) is 157 cm³/mol. The van der Waals surface area contributed by atoms with Crippen molar-refractivity contribution in [1.82, 2.24) is 10.2 Å². The van der Waals surface area contributed by atoms with Gasteiger partial charge in [-0.1, -0.05) is 81.4 Å². The van der Waals surface area contributed by atoms with E-state index in [2.05, 4.69) is 26.1 Å². The lowest BCUT2D eigenvalue weighted by Crippen LogP contribution is -2.53. The van der Waals surface area contributed by atoms with Crippen molar-refractivity contribution >= 4 is 27.5 Å². The molecule has 2 amide bonds. The third-order valence-electron chi connectivity index (χ3n) is 6.62. The number of nitrogens with zero attached hydrogens (tertiary/aromatic N) is 2. The Bertz CT molecular complexity index is 1400. The molecule has 0 saturated heterocycles. The van der Waals surface area contributed by atoms with Crippen molar-refractivity contribution in [2.75, 3.05) is 23.7 Å². The van der Waals surface area contributed by atoms with Gasteiger partial charge in [0.05, 0.1) is 11.9 Å². The average molecular weight is 568 g/mol. The topological polar surface area (TPSA) is 86.8 Å². The summed E-state index contributed by atoms with van der Waals surface area (Å²) in [4.78, 5) is 28.6. The van der Waals surface area contributed by atoms with Gasteiger partial charge in [0, 0.05) is 25.1 Å². The zero-order valence-electron chi connectivity index (χ0n) is 23.7. The predicted octanol–water partition coefficient (Wildman–Crippen LogP) is 4.67. The molecule has 0 aliphatic heterocycles. The molecule has 1 N–H and O–H groups in total. The third-order valence-corrected chi connectivity index (χ3v) is 7.76. The van der Waals surface area contributed by atoms with Gasteiger partial charge in [-0.15, -0.1) is 0 Å². The molecule has 0 spiro atoms. The van der Waals surface area contributed by atoms with Crippen LogP contribution in [-0.4, -0.2) is 50.5 Å². The van der Waals surface area contributed by atoms with Crippen LogP contribution in [0.5, 0.6) is 0 Å². The van der Waals surface area contributed by atoms with Gasteiger partial charge >= 0.3 is 0 Å². The highest BCUT2D eigenvalue weighted by molar-refractivity contribution is 7.92. The van der Waals surface area contributed by atoms with E-state index in [0.717, 1.165) is 21.7 Å². The number of rotatable bonds is 11. The van der Waals surface area contributed by atoms with Crippen LogP contribution in [0.25, 0.3) is 0 Å². The second-order valence-corrected chi connectivity index (χ2v) is 12.7. The number of hydrogen-bond donors (Lipinski definition) is 1. The second kappa shape index (κ2) is 13.1. The lowest BCUT2D eigenvalue weighted by molar-refractivity contribution is -0.140. The van der Waals surface area contributed by atoms with E-state index in [1.165, 1.54) is 11.0 Å². The number of carbonyl (C=O) groups is 2. The zero-order valence-corrected chi connectivity index (χ0v) is 24.5. The highest BCUT2D eigenvalue weighted by atomic mass is 32.2. The number of sulfonamides is 1. The number of likely N-dealkylation sites (N-methyl/N-ethyl adjacent to an activating group) is 1. The lowest BCUT2D eigenvalue weighted by Gasteiger charge is -2.33. The Balaban J connectivity index is 2.04. The fourth-order valence-corrected chi connectivity index (χ4v) is 5.25. The second-order valence-electron chi connectivity index (χ2n) is 10.8. The molecule has 0 aliphatic rings. The summed E-state index contributed by atoms with van der Waals surface area (Å²) in [5, 5.41) is 2.78. The van der Waals surface area contributed by atoms with E-state index in [-0.39, 0.29) is 23.9 Å². The summed E-state index contributed by atoms with van der Waals surface area (Å²) < 4.78 is 41.6. The van der Waals surface area contributed by atoms with E-state index in [9.17, 15) is 22.4 Å². The van der Waals surface area contributed by atoms with Crippen LogP contribution in [0.1, 0.15) is 44.4 Å². The first kappa shape index (κ1) is 30.8. The van der Waals surface area contributed by atoms with Crippen molar-refractivity contribution in [3.05, 3.63) is 101 Å². The largest absolute Gasteiger partial charge is 0.355 e. The SMILES string of the molecule is CCNC(=O)C(Cc1ccccc1)N(Cc1ccccc1F)C(=O)CN(c1ccc(C(C)(C)C)cc1)S(C)(=O)=O. The molecular weight excluding hydrogens is 529 g/mol. The Kier molecular flexibility index (Phi) is 10.1. The molecule has 7 nitrogen and oxygen atoms in total. The summed E-state index contributed by atoms with van der Waals surface area (Å²) >= 11 is 0. The van der Waals surface area contributed by atoms with Crippen LogP contribution >= 0.6 is 0 Å². The average Bonchev–Trinajstić information content (AvgIpc) is 2.90. The van der Waals surface area contributed by atoms with Gasteiger partial charge in [0.15, 0.2) is 0 Å². The van der Waals surface area contributed by atoms with Crippen LogP contribution in [0.3, 0.4) is 0 Å². The quantitative estimate of drug-likeness (QED) is 0.365. The number of anilines is 1. The maximum absolute atomic E-state index is 14.8. The molecule has 40 heavy (non-hydrogen) atoms. The van der Waals surface area contributed by atoms with E-state index in [4.69, 9.17) is 0 Å².